The number of rotatable bonds is 8. The molecule has 8 nitrogen and oxygen atoms in total. The van der Waals surface area contributed by atoms with Crippen LogP contribution in [0, 0.1) is 6.92 Å². The van der Waals surface area contributed by atoms with E-state index < -0.39 is 10.0 Å². The quantitative estimate of drug-likeness (QED) is 0.468. The third kappa shape index (κ3) is 5.32. The second kappa shape index (κ2) is 8.91. The number of aromatic nitrogens is 2. The summed E-state index contributed by atoms with van der Waals surface area (Å²) in [5.41, 5.74) is 1.49. The second-order valence-corrected chi connectivity index (χ2v) is 8.29. The predicted octanol–water partition coefficient (Wildman–Crippen LogP) is 3.96. The van der Waals surface area contributed by atoms with Crippen molar-refractivity contribution in [3.63, 3.8) is 0 Å². The third-order valence-electron chi connectivity index (χ3n) is 4.16. The summed E-state index contributed by atoms with van der Waals surface area (Å²) in [4.78, 5) is 20.2. The van der Waals surface area contributed by atoms with Crippen LogP contribution in [0.4, 0.5) is 23.0 Å². The lowest BCUT2D eigenvalue weighted by atomic mass is 10.2. The molecule has 1 heterocycles. The first-order valence-corrected chi connectivity index (χ1v) is 10.9. The van der Waals surface area contributed by atoms with Crippen LogP contribution in [-0.2, 0) is 10.0 Å². The van der Waals surface area contributed by atoms with E-state index in [1.165, 1.54) is 19.1 Å². The summed E-state index contributed by atoms with van der Waals surface area (Å²) < 4.78 is 27.8. The van der Waals surface area contributed by atoms with Crippen LogP contribution in [0.3, 0.4) is 0 Å². The van der Waals surface area contributed by atoms with Crippen molar-refractivity contribution in [1.82, 2.24) is 9.97 Å². The van der Waals surface area contributed by atoms with E-state index in [0.29, 0.717) is 22.9 Å². The molecule has 9 heteroatoms. The third-order valence-corrected chi connectivity index (χ3v) is 5.54. The lowest BCUT2D eigenvalue weighted by Crippen LogP contribution is -2.13. The van der Waals surface area contributed by atoms with Crippen LogP contribution in [0.2, 0.25) is 0 Å². The Morgan fingerprint density at radius 2 is 1.63 bits per heavy atom. The topological polar surface area (TPSA) is 113 Å². The molecule has 0 unspecified atom stereocenters. The average molecular weight is 426 g/mol. The molecule has 0 saturated carbocycles. The zero-order chi connectivity index (χ0) is 21.7. The molecule has 0 aliphatic heterocycles. The Hall–Kier alpha value is -3.46. The van der Waals surface area contributed by atoms with E-state index in [1.54, 1.807) is 42.5 Å². The Morgan fingerprint density at radius 3 is 2.30 bits per heavy atom. The smallest absolute Gasteiger partial charge is 0.261 e. The maximum Gasteiger partial charge on any atom is 0.261 e. The number of nitrogens with one attached hydrogen (secondary N) is 3. The van der Waals surface area contributed by atoms with Gasteiger partial charge >= 0.3 is 0 Å². The summed E-state index contributed by atoms with van der Waals surface area (Å²) in [6, 6.07) is 14.5. The molecule has 0 bridgehead atoms. The molecule has 2 aromatic carbocycles. The average Bonchev–Trinajstić information content (AvgIpc) is 2.69. The summed E-state index contributed by atoms with van der Waals surface area (Å²) in [5.74, 6) is 1.80. The molecule has 0 spiro atoms. The lowest BCUT2D eigenvalue weighted by Gasteiger charge is -2.11. The van der Waals surface area contributed by atoms with E-state index in [1.807, 2.05) is 13.8 Å². The summed E-state index contributed by atoms with van der Waals surface area (Å²) in [6.07, 6.45) is 0. The minimum absolute atomic E-state index is 0.0322. The van der Waals surface area contributed by atoms with Crippen molar-refractivity contribution in [2.75, 3.05) is 21.9 Å². The zero-order valence-corrected chi connectivity index (χ0v) is 17.7. The van der Waals surface area contributed by atoms with Crippen LogP contribution >= 0.6 is 0 Å². The van der Waals surface area contributed by atoms with Gasteiger partial charge in [0.2, 0.25) is 0 Å². The van der Waals surface area contributed by atoms with E-state index in [2.05, 4.69) is 25.3 Å². The molecule has 1 aromatic heterocycles. The molecule has 3 N–H and O–H groups in total. The number of carbonyl (C=O) groups is 1. The van der Waals surface area contributed by atoms with E-state index in [-0.39, 0.29) is 10.7 Å². The van der Waals surface area contributed by atoms with Crippen LogP contribution in [0.5, 0.6) is 0 Å². The minimum Gasteiger partial charge on any atom is -0.370 e. The van der Waals surface area contributed by atoms with Gasteiger partial charge in [0.05, 0.1) is 4.90 Å². The number of hydrogen-bond acceptors (Lipinski definition) is 7. The molecule has 3 rings (SSSR count). The number of benzene rings is 2. The van der Waals surface area contributed by atoms with Crippen LogP contribution in [-0.4, -0.2) is 30.7 Å². The number of nitrogens with zero attached hydrogens (tertiary/aromatic N) is 2. The van der Waals surface area contributed by atoms with Gasteiger partial charge in [-0.15, -0.1) is 0 Å². The molecular weight excluding hydrogens is 402 g/mol. The van der Waals surface area contributed by atoms with Crippen LogP contribution in [0.1, 0.15) is 30.0 Å². The van der Waals surface area contributed by atoms with Gasteiger partial charge in [-0.3, -0.25) is 9.52 Å². The van der Waals surface area contributed by atoms with Crippen LogP contribution in [0.25, 0.3) is 0 Å². The van der Waals surface area contributed by atoms with Crippen molar-refractivity contribution in [3.8, 4) is 0 Å². The predicted molar refractivity (Wildman–Crippen MR) is 118 cm³/mol. The molecule has 0 aliphatic carbocycles. The summed E-state index contributed by atoms with van der Waals surface area (Å²) in [5, 5.41) is 6.33. The van der Waals surface area contributed by atoms with Crippen LogP contribution in [0.15, 0.2) is 59.5 Å². The number of ketones is 1. The van der Waals surface area contributed by atoms with E-state index in [0.717, 1.165) is 18.1 Å². The maximum absolute atomic E-state index is 12.6. The van der Waals surface area contributed by atoms with Gasteiger partial charge in [0.25, 0.3) is 10.0 Å². The first-order chi connectivity index (χ1) is 14.3. The molecule has 0 aliphatic rings. The van der Waals surface area contributed by atoms with Gasteiger partial charge in [-0.05, 0) is 57.2 Å². The summed E-state index contributed by atoms with van der Waals surface area (Å²) in [6.45, 7) is 5.94. The van der Waals surface area contributed by atoms with Gasteiger partial charge in [-0.25, -0.2) is 18.4 Å². The first-order valence-electron chi connectivity index (χ1n) is 9.37. The Balaban J connectivity index is 1.74. The number of sulfonamides is 1. The molecule has 3 aromatic rings. The fourth-order valence-corrected chi connectivity index (χ4v) is 3.87. The van der Waals surface area contributed by atoms with Gasteiger partial charge in [-0.2, -0.15) is 0 Å². The van der Waals surface area contributed by atoms with E-state index >= 15 is 0 Å². The van der Waals surface area contributed by atoms with Crippen molar-refractivity contribution in [2.45, 2.75) is 25.7 Å². The molecule has 0 radical (unpaired) electrons. The monoisotopic (exact) mass is 425 g/mol. The van der Waals surface area contributed by atoms with E-state index in [9.17, 15) is 13.2 Å². The van der Waals surface area contributed by atoms with Crippen molar-refractivity contribution < 1.29 is 13.2 Å². The number of Topliss-reactive ketones (excluding diaryl/α,β-unsaturated/α-hetero) is 1. The lowest BCUT2D eigenvalue weighted by molar-refractivity contribution is 0.101. The largest absolute Gasteiger partial charge is 0.370 e. The molecular formula is C21H23N5O3S. The number of carbonyl (C=O) groups excluding carboxylic acids is 1. The van der Waals surface area contributed by atoms with Crippen LogP contribution < -0.4 is 15.4 Å². The SMILES string of the molecule is CCNc1cc(Nc2ccc(NS(=O)(=O)c3cccc(C(C)=O)c3)cc2)nc(C)n1. The van der Waals surface area contributed by atoms with Gasteiger partial charge in [0.1, 0.15) is 17.5 Å². The van der Waals surface area contributed by atoms with Crippen molar-refractivity contribution in [3.05, 3.63) is 66.0 Å². The highest BCUT2D eigenvalue weighted by atomic mass is 32.2. The molecule has 0 atom stereocenters. The number of anilines is 4. The van der Waals surface area contributed by atoms with Gasteiger partial charge in [0.15, 0.2) is 5.78 Å². The highest BCUT2D eigenvalue weighted by Crippen LogP contribution is 2.22. The normalized spacial score (nSPS) is 11.0. The summed E-state index contributed by atoms with van der Waals surface area (Å²) >= 11 is 0. The minimum atomic E-state index is -3.81. The van der Waals surface area contributed by atoms with Gasteiger partial charge in [-0.1, -0.05) is 12.1 Å². The van der Waals surface area contributed by atoms with Gasteiger partial charge < -0.3 is 10.6 Å². The highest BCUT2D eigenvalue weighted by Gasteiger charge is 2.15. The second-order valence-electron chi connectivity index (χ2n) is 6.61. The Bertz CT molecular complexity index is 1160. The molecule has 0 saturated heterocycles. The Labute approximate surface area is 175 Å². The summed E-state index contributed by atoms with van der Waals surface area (Å²) in [7, 11) is -3.81. The van der Waals surface area contributed by atoms with Crippen molar-refractivity contribution in [2.24, 2.45) is 0 Å². The van der Waals surface area contributed by atoms with Crippen molar-refractivity contribution in [1.29, 1.82) is 0 Å². The number of aryl methyl sites for hydroxylation is 1. The molecule has 30 heavy (non-hydrogen) atoms. The fourth-order valence-electron chi connectivity index (χ4n) is 2.77. The first kappa shape index (κ1) is 21.3. The maximum atomic E-state index is 12.6. The molecule has 156 valence electrons. The highest BCUT2D eigenvalue weighted by molar-refractivity contribution is 7.92. The molecule has 0 amide bonds. The Kier molecular flexibility index (Phi) is 6.31. The Morgan fingerprint density at radius 1 is 0.967 bits per heavy atom. The number of hydrogen-bond donors (Lipinski definition) is 3. The van der Waals surface area contributed by atoms with E-state index in [4.69, 9.17) is 0 Å². The van der Waals surface area contributed by atoms with Crippen molar-refractivity contribution >= 4 is 38.8 Å². The zero-order valence-electron chi connectivity index (χ0n) is 16.9. The molecule has 0 fully saturated rings. The van der Waals surface area contributed by atoms with Gasteiger partial charge in [0, 0.05) is 29.5 Å². The standard InChI is InChI=1S/C21H23N5O3S/c1-4-22-20-13-21(24-15(3)23-20)25-17-8-10-18(11-9-17)26-30(28,29)19-7-5-6-16(12-19)14(2)27/h5-13,26H,4H2,1-3H3,(H2,22,23,24,25). The fraction of sp³-hybridized carbons (Fsp3) is 0.190.